The molecule has 2 aromatic carbocycles. The van der Waals surface area contributed by atoms with Crippen molar-refractivity contribution in [3.63, 3.8) is 0 Å². The molecule has 0 aliphatic heterocycles. The minimum Gasteiger partial charge on any atom is -0.493 e. The Bertz CT molecular complexity index is 999. The van der Waals surface area contributed by atoms with Crippen molar-refractivity contribution in [3.05, 3.63) is 47.8 Å². The van der Waals surface area contributed by atoms with E-state index in [2.05, 4.69) is 4.72 Å². The lowest BCUT2D eigenvalue weighted by Crippen LogP contribution is -2.41. The molecule has 152 valence electrons. The van der Waals surface area contributed by atoms with Gasteiger partial charge in [-0.05, 0) is 31.2 Å². The highest BCUT2D eigenvalue weighted by molar-refractivity contribution is 7.89. The second kappa shape index (κ2) is 8.48. The van der Waals surface area contributed by atoms with Gasteiger partial charge in [0.25, 0.3) is 0 Å². The SMILES string of the molecule is COc1ccc(S(=O)(=O)N[C@H](C)C(=O)Nc2ccc(F)c(F)c2F)cc1OC. The van der Waals surface area contributed by atoms with E-state index in [4.69, 9.17) is 9.47 Å². The van der Waals surface area contributed by atoms with Crippen molar-refractivity contribution in [3.8, 4) is 11.5 Å². The molecule has 0 fully saturated rings. The minimum absolute atomic E-state index is 0.159. The largest absolute Gasteiger partial charge is 0.493 e. The number of hydrogen-bond donors (Lipinski definition) is 2. The van der Waals surface area contributed by atoms with E-state index in [1.165, 1.54) is 39.3 Å². The summed E-state index contributed by atoms with van der Waals surface area (Å²) in [6.07, 6.45) is 0. The van der Waals surface area contributed by atoms with Crippen molar-refractivity contribution in [1.29, 1.82) is 0 Å². The number of ether oxygens (including phenoxy) is 2. The summed E-state index contributed by atoms with van der Waals surface area (Å²) in [4.78, 5) is 11.9. The number of benzene rings is 2. The molecule has 0 saturated carbocycles. The molecular weight excluding hydrogens is 401 g/mol. The Morgan fingerprint density at radius 3 is 2.25 bits per heavy atom. The van der Waals surface area contributed by atoms with Crippen molar-refractivity contribution in [1.82, 2.24) is 4.72 Å². The zero-order valence-electron chi connectivity index (χ0n) is 15.0. The number of carbonyl (C=O) groups is 1. The van der Waals surface area contributed by atoms with E-state index >= 15 is 0 Å². The molecule has 0 heterocycles. The maximum absolute atomic E-state index is 13.6. The molecule has 0 unspecified atom stereocenters. The van der Waals surface area contributed by atoms with Crippen molar-refractivity contribution in [2.45, 2.75) is 17.9 Å². The summed E-state index contributed by atoms with van der Waals surface area (Å²) in [7, 11) is -1.44. The Morgan fingerprint density at radius 2 is 1.64 bits per heavy atom. The molecular formula is C17H17F3N2O5S. The maximum Gasteiger partial charge on any atom is 0.242 e. The third-order valence-corrected chi connectivity index (χ3v) is 5.22. The Kier molecular flexibility index (Phi) is 6.52. The summed E-state index contributed by atoms with van der Waals surface area (Å²) in [5.74, 6) is -5.28. The first-order chi connectivity index (χ1) is 13.1. The second-order valence-electron chi connectivity index (χ2n) is 5.57. The first kappa shape index (κ1) is 21.5. The Hall–Kier alpha value is -2.79. The van der Waals surface area contributed by atoms with Gasteiger partial charge in [0.05, 0.1) is 30.8 Å². The number of hydrogen-bond acceptors (Lipinski definition) is 5. The molecule has 0 radical (unpaired) electrons. The smallest absolute Gasteiger partial charge is 0.242 e. The maximum atomic E-state index is 13.6. The lowest BCUT2D eigenvalue weighted by Gasteiger charge is -2.16. The van der Waals surface area contributed by atoms with Crippen LogP contribution in [-0.4, -0.2) is 34.6 Å². The normalized spacial score (nSPS) is 12.4. The molecule has 7 nitrogen and oxygen atoms in total. The number of nitrogens with one attached hydrogen (secondary N) is 2. The number of methoxy groups -OCH3 is 2. The summed E-state index contributed by atoms with van der Waals surface area (Å²) < 4.78 is 76.9. The first-order valence-corrected chi connectivity index (χ1v) is 9.27. The molecule has 0 aliphatic carbocycles. The van der Waals surface area contributed by atoms with Gasteiger partial charge in [-0.3, -0.25) is 4.79 Å². The van der Waals surface area contributed by atoms with Crippen LogP contribution in [0.2, 0.25) is 0 Å². The summed E-state index contributed by atoms with van der Waals surface area (Å²) in [5.41, 5.74) is -0.624. The van der Waals surface area contributed by atoms with Crippen LogP contribution in [0.4, 0.5) is 18.9 Å². The Balaban J connectivity index is 2.18. The van der Waals surface area contributed by atoms with Gasteiger partial charge in [0.1, 0.15) is 0 Å². The summed E-state index contributed by atoms with van der Waals surface area (Å²) >= 11 is 0. The van der Waals surface area contributed by atoms with Gasteiger partial charge in [-0.15, -0.1) is 0 Å². The number of amides is 1. The number of halogens is 3. The van der Waals surface area contributed by atoms with Crippen molar-refractivity contribution < 1.29 is 35.9 Å². The average Bonchev–Trinajstić information content (AvgIpc) is 2.67. The van der Waals surface area contributed by atoms with Gasteiger partial charge in [-0.1, -0.05) is 0 Å². The fourth-order valence-corrected chi connectivity index (χ4v) is 3.42. The van der Waals surface area contributed by atoms with Gasteiger partial charge in [0, 0.05) is 6.07 Å². The zero-order chi connectivity index (χ0) is 21.1. The van der Waals surface area contributed by atoms with E-state index in [-0.39, 0.29) is 10.6 Å². The molecule has 0 bridgehead atoms. The third kappa shape index (κ3) is 4.54. The predicted molar refractivity (Wildman–Crippen MR) is 94.3 cm³/mol. The van der Waals surface area contributed by atoms with Crippen LogP contribution in [0.25, 0.3) is 0 Å². The quantitative estimate of drug-likeness (QED) is 0.674. The average molecular weight is 418 g/mol. The molecule has 0 aromatic heterocycles. The molecule has 2 N–H and O–H groups in total. The van der Waals surface area contributed by atoms with Crippen LogP contribution in [-0.2, 0) is 14.8 Å². The van der Waals surface area contributed by atoms with Gasteiger partial charge in [0.2, 0.25) is 15.9 Å². The van der Waals surface area contributed by atoms with Gasteiger partial charge in [-0.25, -0.2) is 21.6 Å². The zero-order valence-corrected chi connectivity index (χ0v) is 15.9. The van der Waals surface area contributed by atoms with Crippen LogP contribution < -0.4 is 19.5 Å². The van der Waals surface area contributed by atoms with Gasteiger partial charge in [0.15, 0.2) is 29.0 Å². The van der Waals surface area contributed by atoms with Crippen LogP contribution >= 0.6 is 0 Å². The van der Waals surface area contributed by atoms with E-state index in [1.54, 1.807) is 0 Å². The molecule has 0 saturated heterocycles. The van der Waals surface area contributed by atoms with E-state index in [0.29, 0.717) is 11.8 Å². The number of sulfonamides is 1. The molecule has 0 spiro atoms. The number of rotatable bonds is 7. The molecule has 2 aromatic rings. The number of anilines is 1. The topological polar surface area (TPSA) is 93.7 Å². The highest BCUT2D eigenvalue weighted by Gasteiger charge is 2.24. The summed E-state index contributed by atoms with van der Waals surface area (Å²) in [6, 6.07) is 3.90. The predicted octanol–water partition coefficient (Wildman–Crippen LogP) is 2.43. The van der Waals surface area contributed by atoms with E-state index in [9.17, 15) is 26.4 Å². The van der Waals surface area contributed by atoms with E-state index < -0.39 is 45.1 Å². The van der Waals surface area contributed by atoms with Crippen molar-refractivity contribution in [2.24, 2.45) is 0 Å². The lowest BCUT2D eigenvalue weighted by atomic mass is 10.2. The van der Waals surface area contributed by atoms with Gasteiger partial charge < -0.3 is 14.8 Å². The van der Waals surface area contributed by atoms with Crippen LogP contribution in [0, 0.1) is 17.5 Å². The molecule has 1 atom stereocenters. The monoisotopic (exact) mass is 418 g/mol. The number of carbonyl (C=O) groups excluding carboxylic acids is 1. The third-order valence-electron chi connectivity index (χ3n) is 3.68. The summed E-state index contributed by atoms with van der Waals surface area (Å²) in [6.45, 7) is 1.20. The fraction of sp³-hybridized carbons (Fsp3) is 0.235. The van der Waals surface area contributed by atoms with Gasteiger partial charge >= 0.3 is 0 Å². The van der Waals surface area contributed by atoms with Crippen LogP contribution in [0.3, 0.4) is 0 Å². The lowest BCUT2D eigenvalue weighted by molar-refractivity contribution is -0.117. The Morgan fingerprint density at radius 1 is 1.00 bits per heavy atom. The van der Waals surface area contributed by atoms with Gasteiger partial charge in [-0.2, -0.15) is 4.72 Å². The van der Waals surface area contributed by atoms with Crippen LogP contribution in [0.1, 0.15) is 6.92 Å². The molecule has 1 amide bonds. The highest BCUT2D eigenvalue weighted by atomic mass is 32.2. The minimum atomic E-state index is -4.15. The van der Waals surface area contributed by atoms with Crippen LogP contribution in [0.5, 0.6) is 11.5 Å². The molecule has 11 heteroatoms. The second-order valence-corrected chi connectivity index (χ2v) is 7.29. The van der Waals surface area contributed by atoms with Crippen molar-refractivity contribution >= 4 is 21.6 Å². The standard InChI is InChI=1S/C17H17F3N2O5S/c1-9(17(23)21-12-6-5-11(18)15(19)16(12)20)22-28(24,25)10-4-7-13(26-2)14(8-10)27-3/h4-9,22H,1-3H3,(H,21,23)/t9-/m1/s1. The highest BCUT2D eigenvalue weighted by Crippen LogP contribution is 2.29. The fourth-order valence-electron chi connectivity index (χ4n) is 2.20. The molecule has 2 rings (SSSR count). The van der Waals surface area contributed by atoms with E-state index in [1.807, 2.05) is 5.32 Å². The van der Waals surface area contributed by atoms with E-state index in [0.717, 1.165) is 6.07 Å². The Labute approximate surface area is 159 Å². The molecule has 28 heavy (non-hydrogen) atoms. The van der Waals surface area contributed by atoms with Crippen LogP contribution in [0.15, 0.2) is 35.2 Å². The molecule has 0 aliphatic rings. The van der Waals surface area contributed by atoms with Crippen molar-refractivity contribution in [2.75, 3.05) is 19.5 Å². The first-order valence-electron chi connectivity index (χ1n) is 7.79. The summed E-state index contributed by atoms with van der Waals surface area (Å²) in [5, 5.41) is 2.00.